The third kappa shape index (κ3) is 2.39. The lowest BCUT2D eigenvalue weighted by atomic mass is 9.90. The molecule has 1 aromatic heterocycles. The number of aryl methyl sites for hydroxylation is 1. The summed E-state index contributed by atoms with van der Waals surface area (Å²) in [6, 6.07) is 0. The van der Waals surface area contributed by atoms with Gasteiger partial charge < -0.3 is 10.2 Å². The first-order valence-electron chi connectivity index (χ1n) is 5.97. The lowest BCUT2D eigenvalue weighted by Crippen LogP contribution is -2.50. The number of aromatic nitrogens is 2. The average molecular weight is 238 g/mol. The largest absolute Gasteiger partial charge is 0.354 e. The van der Waals surface area contributed by atoms with Gasteiger partial charge >= 0.3 is 0 Å². The van der Waals surface area contributed by atoms with Crippen molar-refractivity contribution >= 4 is 5.82 Å². The van der Waals surface area contributed by atoms with Gasteiger partial charge in [0.1, 0.15) is 6.33 Å². The van der Waals surface area contributed by atoms with E-state index in [1.165, 1.54) is 6.33 Å². The SMILES string of the molecule is CNC1(C)CCN(c2ncnc(C)c2F)CC1. The number of rotatable bonds is 2. The van der Waals surface area contributed by atoms with Gasteiger partial charge in [0, 0.05) is 18.6 Å². The third-order valence-electron chi connectivity index (χ3n) is 3.72. The summed E-state index contributed by atoms with van der Waals surface area (Å²) in [5, 5.41) is 3.33. The van der Waals surface area contributed by atoms with Gasteiger partial charge in [-0.1, -0.05) is 0 Å². The highest BCUT2D eigenvalue weighted by molar-refractivity contribution is 5.41. The van der Waals surface area contributed by atoms with Crippen LogP contribution >= 0.6 is 0 Å². The lowest BCUT2D eigenvalue weighted by Gasteiger charge is -2.39. The number of piperidine rings is 1. The standard InChI is InChI=1S/C12H19FN4/c1-9-10(13)11(16-8-15-9)17-6-4-12(2,14-3)5-7-17/h8,14H,4-7H2,1-3H3. The van der Waals surface area contributed by atoms with Gasteiger partial charge in [0.15, 0.2) is 11.6 Å². The molecule has 5 heteroatoms. The van der Waals surface area contributed by atoms with Crippen LogP contribution < -0.4 is 10.2 Å². The van der Waals surface area contributed by atoms with Crippen LogP contribution in [-0.2, 0) is 0 Å². The van der Waals surface area contributed by atoms with E-state index in [0.29, 0.717) is 11.5 Å². The minimum atomic E-state index is -0.291. The van der Waals surface area contributed by atoms with Crippen molar-refractivity contribution in [2.75, 3.05) is 25.0 Å². The predicted octanol–water partition coefficient (Wildman–Crippen LogP) is 1.50. The molecule has 0 aliphatic carbocycles. The minimum Gasteiger partial charge on any atom is -0.354 e. The molecule has 1 saturated heterocycles. The molecule has 0 saturated carbocycles. The van der Waals surface area contributed by atoms with Gasteiger partial charge in [0.25, 0.3) is 0 Å². The zero-order chi connectivity index (χ0) is 12.5. The van der Waals surface area contributed by atoms with Crippen LogP contribution in [0.25, 0.3) is 0 Å². The van der Waals surface area contributed by atoms with Crippen LogP contribution in [0.3, 0.4) is 0 Å². The summed E-state index contributed by atoms with van der Waals surface area (Å²) in [6.07, 6.45) is 3.41. The van der Waals surface area contributed by atoms with Crippen LogP contribution in [0.1, 0.15) is 25.5 Å². The Bertz CT molecular complexity index is 399. The van der Waals surface area contributed by atoms with Crippen LogP contribution in [0.2, 0.25) is 0 Å². The molecule has 0 unspecified atom stereocenters. The maximum atomic E-state index is 13.9. The molecule has 1 N–H and O–H groups in total. The Hall–Kier alpha value is -1.23. The molecule has 1 aliphatic rings. The summed E-state index contributed by atoms with van der Waals surface area (Å²) in [6.45, 7) is 5.52. The zero-order valence-electron chi connectivity index (χ0n) is 10.6. The topological polar surface area (TPSA) is 41.0 Å². The van der Waals surface area contributed by atoms with E-state index in [2.05, 4.69) is 22.2 Å². The highest BCUT2D eigenvalue weighted by atomic mass is 19.1. The predicted molar refractivity (Wildman–Crippen MR) is 65.6 cm³/mol. The quantitative estimate of drug-likeness (QED) is 0.848. The maximum Gasteiger partial charge on any atom is 0.186 e. The van der Waals surface area contributed by atoms with Crippen molar-refractivity contribution in [1.29, 1.82) is 0 Å². The van der Waals surface area contributed by atoms with Crippen LogP contribution in [0.15, 0.2) is 6.33 Å². The second-order valence-corrected chi connectivity index (χ2v) is 4.89. The van der Waals surface area contributed by atoms with Gasteiger partial charge in [-0.2, -0.15) is 0 Å². The van der Waals surface area contributed by atoms with E-state index in [4.69, 9.17) is 0 Å². The molecule has 0 aromatic carbocycles. The summed E-state index contributed by atoms with van der Waals surface area (Å²) in [7, 11) is 1.98. The highest BCUT2D eigenvalue weighted by Crippen LogP contribution is 2.26. The number of halogens is 1. The van der Waals surface area contributed by atoms with E-state index >= 15 is 0 Å². The molecule has 94 valence electrons. The van der Waals surface area contributed by atoms with Gasteiger partial charge in [-0.15, -0.1) is 0 Å². The minimum absolute atomic E-state index is 0.162. The molecule has 0 atom stereocenters. The van der Waals surface area contributed by atoms with Gasteiger partial charge in [0.2, 0.25) is 0 Å². The van der Waals surface area contributed by atoms with Gasteiger partial charge in [-0.25, -0.2) is 14.4 Å². The molecule has 17 heavy (non-hydrogen) atoms. The highest BCUT2D eigenvalue weighted by Gasteiger charge is 2.30. The zero-order valence-corrected chi connectivity index (χ0v) is 10.6. The monoisotopic (exact) mass is 238 g/mol. The fraction of sp³-hybridized carbons (Fsp3) is 0.667. The van der Waals surface area contributed by atoms with Crippen molar-refractivity contribution in [3.05, 3.63) is 17.8 Å². The maximum absolute atomic E-state index is 13.9. The van der Waals surface area contributed by atoms with E-state index in [0.717, 1.165) is 25.9 Å². The van der Waals surface area contributed by atoms with Crippen molar-refractivity contribution in [2.45, 2.75) is 32.2 Å². The summed E-state index contributed by atoms with van der Waals surface area (Å²) in [4.78, 5) is 9.91. The van der Waals surface area contributed by atoms with Crippen molar-refractivity contribution in [3.8, 4) is 0 Å². The molecule has 0 bridgehead atoms. The smallest absolute Gasteiger partial charge is 0.186 e. The fourth-order valence-electron chi connectivity index (χ4n) is 2.13. The Morgan fingerprint density at radius 3 is 2.59 bits per heavy atom. The first-order valence-corrected chi connectivity index (χ1v) is 5.97. The van der Waals surface area contributed by atoms with Crippen LogP contribution in [0.4, 0.5) is 10.2 Å². The van der Waals surface area contributed by atoms with E-state index in [1.54, 1.807) is 6.92 Å². The summed E-state index contributed by atoms with van der Waals surface area (Å²) < 4.78 is 13.9. The van der Waals surface area contributed by atoms with Gasteiger partial charge in [-0.05, 0) is 33.7 Å². The molecule has 1 aromatic rings. The van der Waals surface area contributed by atoms with Crippen molar-refractivity contribution < 1.29 is 4.39 Å². The molecular weight excluding hydrogens is 219 g/mol. The second kappa shape index (κ2) is 4.56. The molecule has 2 heterocycles. The van der Waals surface area contributed by atoms with Crippen LogP contribution in [0, 0.1) is 12.7 Å². The fourth-order valence-corrected chi connectivity index (χ4v) is 2.13. The molecule has 1 fully saturated rings. The van der Waals surface area contributed by atoms with Crippen LogP contribution in [-0.4, -0.2) is 35.6 Å². The first-order chi connectivity index (χ1) is 8.06. The van der Waals surface area contributed by atoms with Crippen molar-refractivity contribution in [2.24, 2.45) is 0 Å². The molecular formula is C12H19FN4. The lowest BCUT2D eigenvalue weighted by molar-refractivity contribution is 0.303. The number of hydrogen-bond acceptors (Lipinski definition) is 4. The second-order valence-electron chi connectivity index (χ2n) is 4.89. The van der Waals surface area contributed by atoms with Gasteiger partial charge in [0.05, 0.1) is 5.69 Å². The molecule has 1 aliphatic heterocycles. The molecule has 4 nitrogen and oxygen atoms in total. The number of nitrogens with one attached hydrogen (secondary N) is 1. The number of anilines is 1. The third-order valence-corrected chi connectivity index (χ3v) is 3.72. The van der Waals surface area contributed by atoms with Crippen molar-refractivity contribution in [1.82, 2.24) is 15.3 Å². The molecule has 0 amide bonds. The number of hydrogen-bond donors (Lipinski definition) is 1. The van der Waals surface area contributed by atoms with Gasteiger partial charge in [-0.3, -0.25) is 0 Å². The molecule has 0 spiro atoms. The average Bonchev–Trinajstić information content (AvgIpc) is 2.34. The Morgan fingerprint density at radius 1 is 1.35 bits per heavy atom. The summed E-state index contributed by atoms with van der Waals surface area (Å²) in [5.41, 5.74) is 0.576. The van der Waals surface area contributed by atoms with E-state index in [-0.39, 0.29) is 11.4 Å². The van der Waals surface area contributed by atoms with E-state index in [9.17, 15) is 4.39 Å². The summed E-state index contributed by atoms with van der Waals surface area (Å²) in [5.74, 6) is 0.149. The Kier molecular flexibility index (Phi) is 3.28. The Balaban J connectivity index is 2.13. The summed E-state index contributed by atoms with van der Waals surface area (Å²) >= 11 is 0. The Morgan fingerprint density at radius 2 is 2.00 bits per heavy atom. The van der Waals surface area contributed by atoms with Crippen LogP contribution in [0.5, 0.6) is 0 Å². The Labute approximate surface area is 101 Å². The molecule has 0 radical (unpaired) electrons. The first kappa shape index (κ1) is 12.2. The number of nitrogens with zero attached hydrogens (tertiary/aromatic N) is 3. The molecule has 2 rings (SSSR count). The van der Waals surface area contributed by atoms with E-state index < -0.39 is 0 Å². The normalized spacial score (nSPS) is 19.4. The van der Waals surface area contributed by atoms with Crippen molar-refractivity contribution in [3.63, 3.8) is 0 Å². The van der Waals surface area contributed by atoms with E-state index in [1.807, 2.05) is 11.9 Å².